The van der Waals surface area contributed by atoms with Gasteiger partial charge in [0.05, 0.1) is 25.4 Å². The normalized spacial score (nSPS) is 9.31. The van der Waals surface area contributed by atoms with E-state index in [1.54, 1.807) is 13.0 Å². The molecule has 0 heterocycles. The minimum absolute atomic E-state index is 0.229. The summed E-state index contributed by atoms with van der Waals surface area (Å²) < 4.78 is 9.85. The smallest absolute Gasteiger partial charge is 0.335 e. The number of hydrogen-bond donors (Lipinski definition) is 0. The number of rotatable bonds is 7. The molecule has 13 heavy (non-hydrogen) atoms. The highest BCUT2D eigenvalue weighted by molar-refractivity contribution is 5.87. The second-order valence-electron chi connectivity index (χ2n) is 2.45. The number of carbonyl (C=O) groups is 1. The standard InChI is InChI=1S/C10H16O3/c1-4-6-7-12-8-9(3)10(11)13-5-2/h4H,1,3,5-8H2,2H3. The van der Waals surface area contributed by atoms with E-state index >= 15 is 0 Å². The van der Waals surface area contributed by atoms with Crippen LogP contribution in [-0.2, 0) is 14.3 Å². The van der Waals surface area contributed by atoms with Gasteiger partial charge in [0, 0.05) is 0 Å². The molecule has 0 fully saturated rings. The van der Waals surface area contributed by atoms with Crippen molar-refractivity contribution in [2.45, 2.75) is 13.3 Å². The van der Waals surface area contributed by atoms with Crippen LogP contribution < -0.4 is 0 Å². The first-order chi connectivity index (χ1) is 6.22. The van der Waals surface area contributed by atoms with Crippen molar-refractivity contribution in [2.24, 2.45) is 0 Å². The van der Waals surface area contributed by atoms with Crippen LogP contribution in [0.1, 0.15) is 13.3 Å². The van der Waals surface area contributed by atoms with Crippen molar-refractivity contribution in [3.05, 3.63) is 24.8 Å². The average molecular weight is 184 g/mol. The van der Waals surface area contributed by atoms with Crippen LogP contribution in [0.15, 0.2) is 24.8 Å². The third-order valence-electron chi connectivity index (χ3n) is 1.31. The van der Waals surface area contributed by atoms with Gasteiger partial charge >= 0.3 is 5.97 Å². The Morgan fingerprint density at radius 2 is 2.23 bits per heavy atom. The van der Waals surface area contributed by atoms with Crippen molar-refractivity contribution in [3.8, 4) is 0 Å². The predicted octanol–water partition coefficient (Wildman–Crippen LogP) is 1.70. The maximum atomic E-state index is 11.0. The predicted molar refractivity (Wildman–Crippen MR) is 51.4 cm³/mol. The summed E-state index contributed by atoms with van der Waals surface area (Å²) in [6.45, 7) is 10.00. The zero-order valence-corrected chi connectivity index (χ0v) is 8.04. The minimum atomic E-state index is -0.388. The summed E-state index contributed by atoms with van der Waals surface area (Å²) in [4.78, 5) is 11.0. The van der Waals surface area contributed by atoms with E-state index in [1.807, 2.05) is 0 Å². The summed E-state index contributed by atoms with van der Waals surface area (Å²) >= 11 is 0. The van der Waals surface area contributed by atoms with Crippen molar-refractivity contribution in [1.29, 1.82) is 0 Å². The first-order valence-electron chi connectivity index (χ1n) is 4.25. The van der Waals surface area contributed by atoms with Gasteiger partial charge in [0.25, 0.3) is 0 Å². The van der Waals surface area contributed by atoms with Crippen LogP contribution in [0.25, 0.3) is 0 Å². The molecule has 74 valence electrons. The Labute approximate surface area is 79.0 Å². The Balaban J connectivity index is 3.50. The highest BCUT2D eigenvalue weighted by atomic mass is 16.5. The van der Waals surface area contributed by atoms with Gasteiger partial charge in [-0.05, 0) is 13.3 Å². The molecule has 0 aliphatic rings. The fourth-order valence-corrected chi connectivity index (χ4v) is 0.654. The maximum absolute atomic E-state index is 11.0. The molecule has 3 nitrogen and oxygen atoms in total. The molecule has 0 saturated heterocycles. The average Bonchev–Trinajstić information content (AvgIpc) is 2.12. The summed E-state index contributed by atoms with van der Waals surface area (Å²) in [6, 6.07) is 0. The number of hydrogen-bond acceptors (Lipinski definition) is 3. The van der Waals surface area contributed by atoms with Crippen LogP contribution in [0.5, 0.6) is 0 Å². The quantitative estimate of drug-likeness (QED) is 0.261. The molecule has 0 radical (unpaired) electrons. The van der Waals surface area contributed by atoms with Gasteiger partial charge in [-0.15, -0.1) is 6.58 Å². The maximum Gasteiger partial charge on any atom is 0.335 e. The summed E-state index contributed by atoms with van der Waals surface area (Å²) in [5, 5.41) is 0. The van der Waals surface area contributed by atoms with Gasteiger partial charge in [0.15, 0.2) is 0 Å². The van der Waals surface area contributed by atoms with Crippen molar-refractivity contribution >= 4 is 5.97 Å². The monoisotopic (exact) mass is 184 g/mol. The van der Waals surface area contributed by atoms with E-state index < -0.39 is 0 Å². The molecule has 0 aliphatic carbocycles. The van der Waals surface area contributed by atoms with Gasteiger partial charge < -0.3 is 9.47 Å². The minimum Gasteiger partial charge on any atom is -0.463 e. The number of esters is 1. The highest BCUT2D eigenvalue weighted by Crippen LogP contribution is 1.96. The van der Waals surface area contributed by atoms with Gasteiger partial charge in [-0.2, -0.15) is 0 Å². The van der Waals surface area contributed by atoms with Gasteiger partial charge in [-0.3, -0.25) is 0 Å². The second kappa shape index (κ2) is 7.55. The topological polar surface area (TPSA) is 35.5 Å². The molecule has 0 unspecified atom stereocenters. The summed E-state index contributed by atoms with van der Waals surface area (Å²) in [7, 11) is 0. The van der Waals surface area contributed by atoms with Crippen LogP contribution in [0.2, 0.25) is 0 Å². The molecule has 0 atom stereocenters. The Kier molecular flexibility index (Phi) is 6.92. The molecule has 0 rings (SSSR count). The number of carbonyl (C=O) groups excluding carboxylic acids is 1. The molecule has 0 aromatic carbocycles. The molecule has 3 heteroatoms. The summed E-state index contributed by atoms with van der Waals surface area (Å²) in [5.41, 5.74) is 0.353. The van der Waals surface area contributed by atoms with Crippen LogP contribution in [-0.4, -0.2) is 25.8 Å². The van der Waals surface area contributed by atoms with Crippen molar-refractivity contribution in [2.75, 3.05) is 19.8 Å². The fraction of sp³-hybridized carbons (Fsp3) is 0.500. The van der Waals surface area contributed by atoms with Crippen LogP contribution in [0.4, 0.5) is 0 Å². The molecule has 0 spiro atoms. The van der Waals surface area contributed by atoms with Crippen molar-refractivity contribution in [1.82, 2.24) is 0 Å². The summed E-state index contributed by atoms with van der Waals surface area (Å²) in [5.74, 6) is -0.388. The Morgan fingerprint density at radius 3 is 2.77 bits per heavy atom. The van der Waals surface area contributed by atoms with E-state index in [0.717, 1.165) is 6.42 Å². The lowest BCUT2D eigenvalue weighted by Crippen LogP contribution is -2.11. The zero-order valence-electron chi connectivity index (χ0n) is 8.04. The molecule has 0 saturated carbocycles. The molecule has 0 bridgehead atoms. The van der Waals surface area contributed by atoms with Crippen molar-refractivity contribution in [3.63, 3.8) is 0 Å². The SMILES string of the molecule is C=CCCOCC(=C)C(=O)OCC. The van der Waals surface area contributed by atoms with E-state index in [2.05, 4.69) is 13.2 Å². The second-order valence-corrected chi connectivity index (χ2v) is 2.45. The molecule has 0 amide bonds. The summed E-state index contributed by atoms with van der Waals surface area (Å²) in [6.07, 6.45) is 2.53. The Morgan fingerprint density at radius 1 is 1.54 bits per heavy atom. The largest absolute Gasteiger partial charge is 0.463 e. The van der Waals surface area contributed by atoms with E-state index in [4.69, 9.17) is 9.47 Å². The Hall–Kier alpha value is -1.09. The molecule has 0 aromatic rings. The lowest BCUT2D eigenvalue weighted by Gasteiger charge is -2.05. The Bertz CT molecular complexity index is 185. The highest BCUT2D eigenvalue weighted by Gasteiger charge is 2.06. The molecular formula is C10H16O3. The fourth-order valence-electron chi connectivity index (χ4n) is 0.654. The third-order valence-corrected chi connectivity index (χ3v) is 1.31. The van der Waals surface area contributed by atoms with Crippen molar-refractivity contribution < 1.29 is 14.3 Å². The van der Waals surface area contributed by atoms with Crippen LogP contribution >= 0.6 is 0 Å². The van der Waals surface area contributed by atoms with Crippen LogP contribution in [0, 0.1) is 0 Å². The van der Waals surface area contributed by atoms with Gasteiger partial charge in [-0.25, -0.2) is 4.79 Å². The first-order valence-corrected chi connectivity index (χ1v) is 4.25. The lowest BCUT2D eigenvalue weighted by atomic mass is 10.3. The molecule has 0 N–H and O–H groups in total. The number of ether oxygens (including phenoxy) is 2. The van der Waals surface area contributed by atoms with Gasteiger partial charge in [0.1, 0.15) is 0 Å². The van der Waals surface area contributed by atoms with Gasteiger partial charge in [-0.1, -0.05) is 12.7 Å². The lowest BCUT2D eigenvalue weighted by molar-refractivity contribution is -0.139. The molecule has 0 aliphatic heterocycles. The molecule has 0 aromatic heterocycles. The van der Waals surface area contributed by atoms with Gasteiger partial charge in [0.2, 0.25) is 0 Å². The zero-order chi connectivity index (χ0) is 10.1. The van der Waals surface area contributed by atoms with E-state index in [0.29, 0.717) is 18.8 Å². The third kappa shape index (κ3) is 6.11. The van der Waals surface area contributed by atoms with E-state index in [1.165, 1.54) is 0 Å². The molecular weight excluding hydrogens is 168 g/mol. The van der Waals surface area contributed by atoms with E-state index in [9.17, 15) is 4.79 Å². The first kappa shape index (κ1) is 11.9. The van der Waals surface area contributed by atoms with E-state index in [-0.39, 0.29) is 12.6 Å². The van der Waals surface area contributed by atoms with Crippen LogP contribution in [0.3, 0.4) is 0 Å².